The van der Waals surface area contributed by atoms with Crippen molar-refractivity contribution in [3.05, 3.63) is 83.8 Å². The van der Waals surface area contributed by atoms with Crippen molar-refractivity contribution < 1.29 is 19.1 Å². The second-order valence-electron chi connectivity index (χ2n) is 12.3. The molecule has 1 aliphatic carbocycles. The first kappa shape index (κ1) is 30.1. The van der Waals surface area contributed by atoms with Gasteiger partial charge in [0.05, 0.1) is 35.0 Å². The lowest BCUT2D eigenvalue weighted by Crippen LogP contribution is -2.45. The number of rotatable bonds is 8. The summed E-state index contributed by atoms with van der Waals surface area (Å²) in [5, 5.41) is 9.26. The van der Waals surface area contributed by atoms with Gasteiger partial charge >= 0.3 is 5.97 Å². The van der Waals surface area contributed by atoms with Crippen LogP contribution in [-0.2, 0) is 14.3 Å². The van der Waals surface area contributed by atoms with Crippen LogP contribution < -0.4 is 5.32 Å². The minimum atomic E-state index is -0.600. The zero-order valence-electron chi connectivity index (χ0n) is 25.4. The van der Waals surface area contributed by atoms with Gasteiger partial charge in [-0.15, -0.1) is 0 Å². The number of hydrogen-bond acceptors (Lipinski definition) is 7. The van der Waals surface area contributed by atoms with E-state index in [1.807, 2.05) is 73.1 Å². The van der Waals surface area contributed by atoms with E-state index in [0.717, 1.165) is 58.0 Å². The summed E-state index contributed by atoms with van der Waals surface area (Å²) >= 11 is 1.55. The fourth-order valence-electron chi connectivity index (χ4n) is 6.43. The average molecular weight is 611 g/mol. The molecule has 44 heavy (non-hydrogen) atoms. The van der Waals surface area contributed by atoms with E-state index in [9.17, 15) is 9.59 Å². The predicted molar refractivity (Wildman–Crippen MR) is 172 cm³/mol. The van der Waals surface area contributed by atoms with E-state index in [0.29, 0.717) is 24.8 Å². The van der Waals surface area contributed by atoms with Gasteiger partial charge in [0.1, 0.15) is 0 Å². The quantitative estimate of drug-likeness (QED) is 0.209. The number of benzene rings is 2. The van der Waals surface area contributed by atoms with E-state index in [2.05, 4.69) is 28.5 Å². The maximum absolute atomic E-state index is 13.6. The van der Waals surface area contributed by atoms with Crippen molar-refractivity contribution in [1.29, 1.82) is 0 Å². The van der Waals surface area contributed by atoms with Crippen LogP contribution in [0.3, 0.4) is 0 Å². The zero-order valence-corrected chi connectivity index (χ0v) is 26.2. The number of methoxy groups -OCH3 is 1. The minimum Gasteiger partial charge on any atom is -0.469 e. The number of aromatic nitrogens is 3. The van der Waals surface area contributed by atoms with E-state index in [4.69, 9.17) is 14.6 Å². The molecule has 6 rings (SSSR count). The molecule has 1 amide bonds. The van der Waals surface area contributed by atoms with Crippen LogP contribution in [0, 0.1) is 5.41 Å². The van der Waals surface area contributed by atoms with Crippen molar-refractivity contribution in [2.75, 3.05) is 13.7 Å². The maximum Gasteiger partial charge on any atom is 0.311 e. The third kappa shape index (κ3) is 6.30. The van der Waals surface area contributed by atoms with Gasteiger partial charge in [0, 0.05) is 33.5 Å². The molecule has 1 saturated carbocycles. The number of amides is 1. The highest BCUT2D eigenvalue weighted by atomic mass is 32.2. The standard InChI is InChI=1S/C35H38N4O4S/c1-34(33(41)42-3)18-19-35(2,23-34)37-32(40)27-11-4-5-12-30(27)44-25-15-16-26-28(17-14-24-10-6-8-20-36-24)38-39(29(26)22-25)31-13-7-9-21-43-31/h4-6,8,10-12,14-17,20,22,31H,7,9,13,18-19,21,23H2,1-3H3,(H,37,40)/b17-14+. The van der Waals surface area contributed by atoms with Crippen LogP contribution in [0.25, 0.3) is 23.1 Å². The molecule has 8 nitrogen and oxygen atoms in total. The van der Waals surface area contributed by atoms with Crippen molar-refractivity contribution in [1.82, 2.24) is 20.1 Å². The van der Waals surface area contributed by atoms with Crippen molar-refractivity contribution in [3.8, 4) is 0 Å². The van der Waals surface area contributed by atoms with Crippen LogP contribution in [-0.4, -0.2) is 45.9 Å². The molecule has 2 aromatic heterocycles. The Bertz CT molecular complexity index is 1700. The molecule has 1 aliphatic heterocycles. The predicted octanol–water partition coefficient (Wildman–Crippen LogP) is 7.30. The molecule has 0 radical (unpaired) electrons. The Morgan fingerprint density at radius 3 is 2.68 bits per heavy atom. The van der Waals surface area contributed by atoms with Crippen LogP contribution in [0.2, 0.25) is 0 Å². The molecule has 9 heteroatoms. The lowest BCUT2D eigenvalue weighted by Gasteiger charge is -2.28. The molecule has 228 valence electrons. The van der Waals surface area contributed by atoms with Gasteiger partial charge < -0.3 is 14.8 Å². The SMILES string of the molecule is COC(=O)C1(C)CCC(C)(NC(=O)c2ccccc2Sc2ccc3c(/C=C/c4ccccn4)nn(C4CCCCO4)c3c2)C1. The Labute approximate surface area is 262 Å². The molecule has 2 aromatic carbocycles. The molecular weight excluding hydrogens is 572 g/mol. The largest absolute Gasteiger partial charge is 0.469 e. The van der Waals surface area contributed by atoms with Crippen LogP contribution in [0.4, 0.5) is 0 Å². The molecule has 2 aliphatic rings. The molecule has 3 unspecified atom stereocenters. The number of nitrogens with one attached hydrogen (secondary N) is 1. The van der Waals surface area contributed by atoms with E-state index >= 15 is 0 Å². The fourth-order valence-corrected chi connectivity index (χ4v) is 7.41. The number of ether oxygens (including phenoxy) is 2. The Kier molecular flexibility index (Phi) is 8.60. The Morgan fingerprint density at radius 2 is 1.91 bits per heavy atom. The third-order valence-corrected chi connectivity index (χ3v) is 9.76. The van der Waals surface area contributed by atoms with Gasteiger partial charge in [-0.05, 0) is 107 Å². The van der Waals surface area contributed by atoms with Crippen LogP contribution in [0.5, 0.6) is 0 Å². The molecule has 3 heterocycles. The second kappa shape index (κ2) is 12.6. The van der Waals surface area contributed by atoms with Gasteiger partial charge in [-0.3, -0.25) is 14.6 Å². The molecule has 1 N–H and O–H groups in total. The number of hydrogen-bond donors (Lipinski definition) is 1. The van der Waals surface area contributed by atoms with E-state index in [1.54, 1.807) is 18.0 Å². The summed E-state index contributed by atoms with van der Waals surface area (Å²) in [5.41, 5.74) is 2.23. The topological polar surface area (TPSA) is 95.3 Å². The van der Waals surface area contributed by atoms with Crippen LogP contribution >= 0.6 is 11.8 Å². The highest BCUT2D eigenvalue weighted by Crippen LogP contribution is 2.45. The monoisotopic (exact) mass is 610 g/mol. The number of carbonyl (C=O) groups excluding carboxylic acids is 2. The summed E-state index contributed by atoms with van der Waals surface area (Å²) in [6.45, 7) is 4.65. The first-order valence-corrected chi connectivity index (χ1v) is 16.0. The van der Waals surface area contributed by atoms with Crippen molar-refractivity contribution in [3.63, 3.8) is 0 Å². The minimum absolute atomic E-state index is 0.121. The number of pyridine rings is 1. The zero-order chi connectivity index (χ0) is 30.7. The summed E-state index contributed by atoms with van der Waals surface area (Å²) in [4.78, 5) is 32.3. The highest BCUT2D eigenvalue weighted by molar-refractivity contribution is 7.99. The number of carbonyl (C=O) groups is 2. The Balaban J connectivity index is 1.27. The lowest BCUT2D eigenvalue weighted by atomic mass is 9.86. The smallest absolute Gasteiger partial charge is 0.311 e. The number of fused-ring (bicyclic) bond motifs is 1. The van der Waals surface area contributed by atoms with E-state index in [1.165, 1.54) is 7.11 Å². The molecule has 3 atom stereocenters. The van der Waals surface area contributed by atoms with E-state index < -0.39 is 11.0 Å². The first-order chi connectivity index (χ1) is 21.3. The Hall–Kier alpha value is -3.95. The molecule has 2 fully saturated rings. The van der Waals surface area contributed by atoms with Crippen molar-refractivity contribution >= 4 is 46.7 Å². The van der Waals surface area contributed by atoms with Crippen LogP contribution in [0.15, 0.2) is 76.7 Å². The summed E-state index contributed by atoms with van der Waals surface area (Å²) in [5.74, 6) is -0.372. The summed E-state index contributed by atoms with van der Waals surface area (Å²) < 4.78 is 13.2. The number of nitrogens with zero attached hydrogens (tertiary/aromatic N) is 3. The maximum atomic E-state index is 13.6. The van der Waals surface area contributed by atoms with Crippen molar-refractivity contribution in [2.24, 2.45) is 5.41 Å². The molecular formula is C35H38N4O4S. The summed E-state index contributed by atoms with van der Waals surface area (Å²) in [6.07, 6.45) is 10.6. The molecule has 1 saturated heterocycles. The van der Waals surface area contributed by atoms with Gasteiger partial charge in [0.15, 0.2) is 6.23 Å². The molecule has 4 aromatic rings. The lowest BCUT2D eigenvalue weighted by molar-refractivity contribution is -0.151. The van der Waals surface area contributed by atoms with Gasteiger partial charge in [-0.2, -0.15) is 5.10 Å². The van der Waals surface area contributed by atoms with Gasteiger partial charge in [-0.25, -0.2) is 4.68 Å². The van der Waals surface area contributed by atoms with E-state index in [-0.39, 0.29) is 18.1 Å². The summed E-state index contributed by atoms with van der Waals surface area (Å²) in [7, 11) is 1.42. The second-order valence-corrected chi connectivity index (χ2v) is 13.4. The highest BCUT2D eigenvalue weighted by Gasteiger charge is 2.48. The average Bonchev–Trinajstić information content (AvgIpc) is 3.57. The van der Waals surface area contributed by atoms with Gasteiger partial charge in [-0.1, -0.05) is 30.0 Å². The normalized spacial score (nSPS) is 23.7. The summed E-state index contributed by atoms with van der Waals surface area (Å²) in [6, 6.07) is 19.8. The third-order valence-electron chi connectivity index (χ3n) is 8.70. The van der Waals surface area contributed by atoms with Crippen LogP contribution in [0.1, 0.15) is 80.3 Å². The molecule has 0 spiro atoms. The van der Waals surface area contributed by atoms with Gasteiger partial charge in [0.25, 0.3) is 5.91 Å². The fraction of sp³-hybridized carbons (Fsp3) is 0.371. The Morgan fingerprint density at radius 1 is 1.07 bits per heavy atom. The molecule has 0 bridgehead atoms. The first-order valence-electron chi connectivity index (χ1n) is 15.2. The van der Waals surface area contributed by atoms with Gasteiger partial charge in [0.2, 0.25) is 0 Å². The van der Waals surface area contributed by atoms with Crippen molar-refractivity contribution in [2.45, 2.75) is 73.9 Å². The number of esters is 1.